The van der Waals surface area contributed by atoms with Crippen LogP contribution in [0.1, 0.15) is 5.56 Å². The number of methoxy groups -OCH3 is 1. The Bertz CT molecular complexity index is 546. The zero-order chi connectivity index (χ0) is 14.6. The highest BCUT2D eigenvalue weighted by atomic mass is 35.5. The molecule has 0 aliphatic heterocycles. The summed E-state index contributed by atoms with van der Waals surface area (Å²) in [6.45, 7) is 0.453. The summed E-state index contributed by atoms with van der Waals surface area (Å²) in [5, 5.41) is 4.62. The van der Waals surface area contributed by atoms with Crippen LogP contribution in [0.2, 0.25) is 5.02 Å². The van der Waals surface area contributed by atoms with Gasteiger partial charge in [0.15, 0.2) is 0 Å². The van der Waals surface area contributed by atoms with Crippen molar-refractivity contribution in [2.75, 3.05) is 28.3 Å². The van der Waals surface area contributed by atoms with Crippen molar-refractivity contribution in [1.29, 1.82) is 0 Å². The lowest BCUT2D eigenvalue weighted by molar-refractivity contribution is 0.359. The SMILES string of the molecule is CNCc1cc(Cl)cc(S(=O)(=O)NN(C)C)c1OC. The topological polar surface area (TPSA) is 70.7 Å². The highest BCUT2D eigenvalue weighted by Gasteiger charge is 2.23. The predicted octanol–water partition coefficient (Wildman–Crippen LogP) is 0.823. The number of benzene rings is 1. The fourth-order valence-corrected chi connectivity index (χ4v) is 3.29. The van der Waals surface area contributed by atoms with Gasteiger partial charge in [0.25, 0.3) is 10.0 Å². The highest BCUT2D eigenvalue weighted by Crippen LogP contribution is 2.31. The van der Waals surface area contributed by atoms with Crippen molar-refractivity contribution in [2.24, 2.45) is 0 Å². The smallest absolute Gasteiger partial charge is 0.257 e. The van der Waals surface area contributed by atoms with E-state index in [1.54, 1.807) is 27.2 Å². The van der Waals surface area contributed by atoms with Crippen LogP contribution in [-0.2, 0) is 16.6 Å². The molecule has 0 saturated heterocycles. The second-order valence-corrected chi connectivity index (χ2v) is 6.18. The van der Waals surface area contributed by atoms with Gasteiger partial charge in [0.05, 0.1) is 7.11 Å². The average molecular weight is 308 g/mol. The van der Waals surface area contributed by atoms with Gasteiger partial charge in [-0.25, -0.2) is 13.4 Å². The molecule has 0 unspecified atom stereocenters. The third-order valence-electron chi connectivity index (χ3n) is 2.26. The number of ether oxygens (including phenoxy) is 1. The van der Waals surface area contributed by atoms with Gasteiger partial charge in [0.2, 0.25) is 0 Å². The third-order valence-corrected chi connectivity index (χ3v) is 3.97. The molecule has 0 heterocycles. The number of hydrogen-bond acceptors (Lipinski definition) is 5. The van der Waals surface area contributed by atoms with Gasteiger partial charge in [0, 0.05) is 31.2 Å². The zero-order valence-electron chi connectivity index (χ0n) is 11.3. The summed E-state index contributed by atoms with van der Waals surface area (Å²) in [6.07, 6.45) is 0. The van der Waals surface area contributed by atoms with E-state index in [1.807, 2.05) is 0 Å². The molecule has 8 heteroatoms. The molecule has 6 nitrogen and oxygen atoms in total. The number of sulfonamides is 1. The molecule has 0 aliphatic carbocycles. The maximum absolute atomic E-state index is 12.2. The first-order chi connectivity index (χ1) is 8.81. The van der Waals surface area contributed by atoms with Gasteiger partial charge in [-0.15, -0.1) is 4.83 Å². The van der Waals surface area contributed by atoms with Crippen molar-refractivity contribution in [2.45, 2.75) is 11.4 Å². The van der Waals surface area contributed by atoms with Crippen LogP contribution in [0.25, 0.3) is 0 Å². The molecule has 1 rings (SSSR count). The minimum atomic E-state index is -3.73. The van der Waals surface area contributed by atoms with Crippen LogP contribution in [0.15, 0.2) is 17.0 Å². The first-order valence-corrected chi connectivity index (χ1v) is 7.38. The van der Waals surface area contributed by atoms with E-state index >= 15 is 0 Å². The molecule has 1 aromatic carbocycles. The molecule has 2 N–H and O–H groups in total. The van der Waals surface area contributed by atoms with Crippen molar-refractivity contribution >= 4 is 21.6 Å². The maximum atomic E-state index is 12.2. The second-order valence-electron chi connectivity index (χ2n) is 4.12. The molecule has 0 amide bonds. The Morgan fingerprint density at radius 2 is 2.00 bits per heavy atom. The van der Waals surface area contributed by atoms with Crippen LogP contribution in [0.5, 0.6) is 5.75 Å². The van der Waals surface area contributed by atoms with Crippen LogP contribution in [0, 0.1) is 0 Å². The largest absolute Gasteiger partial charge is 0.495 e. The Balaban J connectivity index is 3.41. The van der Waals surface area contributed by atoms with Crippen molar-refractivity contribution in [3.63, 3.8) is 0 Å². The van der Waals surface area contributed by atoms with Gasteiger partial charge < -0.3 is 10.1 Å². The van der Waals surface area contributed by atoms with Gasteiger partial charge >= 0.3 is 0 Å². The first-order valence-electron chi connectivity index (χ1n) is 5.52. The molecule has 0 aromatic heterocycles. The molecule has 0 saturated carbocycles. The van der Waals surface area contributed by atoms with Crippen molar-refractivity contribution in [3.8, 4) is 5.75 Å². The minimum Gasteiger partial charge on any atom is -0.495 e. The van der Waals surface area contributed by atoms with Gasteiger partial charge in [0.1, 0.15) is 10.6 Å². The highest BCUT2D eigenvalue weighted by molar-refractivity contribution is 7.89. The lowest BCUT2D eigenvalue weighted by Crippen LogP contribution is -2.36. The van der Waals surface area contributed by atoms with E-state index in [-0.39, 0.29) is 10.6 Å². The lowest BCUT2D eigenvalue weighted by Gasteiger charge is -2.17. The van der Waals surface area contributed by atoms with Crippen molar-refractivity contribution < 1.29 is 13.2 Å². The van der Waals surface area contributed by atoms with E-state index in [1.165, 1.54) is 18.2 Å². The molecule has 0 atom stereocenters. The van der Waals surface area contributed by atoms with E-state index in [2.05, 4.69) is 10.1 Å². The summed E-state index contributed by atoms with van der Waals surface area (Å²) in [4.78, 5) is 2.37. The Morgan fingerprint density at radius 3 is 2.47 bits per heavy atom. The first kappa shape index (κ1) is 16.2. The molecule has 108 valence electrons. The molecule has 0 spiro atoms. The molecular weight excluding hydrogens is 290 g/mol. The summed E-state index contributed by atoms with van der Waals surface area (Å²) in [5.74, 6) is 0.285. The number of rotatable bonds is 6. The van der Waals surface area contributed by atoms with Crippen LogP contribution in [0.3, 0.4) is 0 Å². The van der Waals surface area contributed by atoms with E-state index < -0.39 is 10.0 Å². The third kappa shape index (κ3) is 4.05. The Kier molecular flexibility index (Phi) is 5.57. The van der Waals surface area contributed by atoms with Crippen LogP contribution >= 0.6 is 11.6 Å². The Hall–Kier alpha value is -0.860. The molecule has 0 bridgehead atoms. The number of halogens is 1. The minimum absolute atomic E-state index is 0.0152. The number of nitrogens with zero attached hydrogens (tertiary/aromatic N) is 1. The lowest BCUT2D eigenvalue weighted by atomic mass is 10.2. The Labute approximate surface area is 118 Å². The van der Waals surface area contributed by atoms with Crippen molar-refractivity contribution in [3.05, 3.63) is 22.7 Å². The van der Waals surface area contributed by atoms with Gasteiger partial charge in [-0.05, 0) is 19.2 Å². The number of hydrazine groups is 1. The Morgan fingerprint density at radius 1 is 1.37 bits per heavy atom. The van der Waals surface area contributed by atoms with E-state index in [4.69, 9.17) is 16.3 Å². The van der Waals surface area contributed by atoms with E-state index in [0.29, 0.717) is 17.1 Å². The molecule has 0 radical (unpaired) electrons. The summed E-state index contributed by atoms with van der Waals surface area (Å²) in [5.41, 5.74) is 0.677. The molecule has 1 aromatic rings. The molecule has 0 aliphatic rings. The van der Waals surface area contributed by atoms with Gasteiger partial charge in [-0.1, -0.05) is 11.6 Å². The summed E-state index contributed by atoms with van der Waals surface area (Å²) in [7, 11) is 2.63. The monoisotopic (exact) mass is 307 g/mol. The number of hydrogen-bond donors (Lipinski definition) is 2. The maximum Gasteiger partial charge on any atom is 0.257 e. The standard InChI is InChI=1S/C11H18ClN3O3S/c1-13-7-8-5-9(12)6-10(11(8)18-4)19(16,17)14-15(2)3/h5-6,13-14H,7H2,1-4H3. The normalized spacial score (nSPS) is 11.9. The predicted molar refractivity (Wildman–Crippen MR) is 74.8 cm³/mol. The van der Waals surface area contributed by atoms with Crippen LogP contribution in [0.4, 0.5) is 0 Å². The van der Waals surface area contributed by atoms with Crippen molar-refractivity contribution in [1.82, 2.24) is 15.2 Å². The summed E-state index contributed by atoms with van der Waals surface area (Å²) < 4.78 is 29.7. The van der Waals surface area contributed by atoms with Crippen LogP contribution in [-0.4, -0.2) is 41.7 Å². The average Bonchev–Trinajstić information content (AvgIpc) is 2.27. The van der Waals surface area contributed by atoms with Crippen LogP contribution < -0.4 is 14.9 Å². The number of nitrogens with one attached hydrogen (secondary N) is 2. The summed E-state index contributed by atoms with van der Waals surface area (Å²) in [6, 6.07) is 3.04. The molecule has 19 heavy (non-hydrogen) atoms. The van der Waals surface area contributed by atoms with Gasteiger partial charge in [-0.3, -0.25) is 0 Å². The summed E-state index contributed by atoms with van der Waals surface area (Å²) >= 11 is 5.97. The second kappa shape index (κ2) is 6.53. The fourth-order valence-electron chi connectivity index (χ4n) is 1.67. The quantitative estimate of drug-likeness (QED) is 0.762. The van der Waals surface area contributed by atoms with Gasteiger partial charge in [-0.2, -0.15) is 0 Å². The fraction of sp³-hybridized carbons (Fsp3) is 0.455. The van der Waals surface area contributed by atoms with E-state index in [9.17, 15) is 8.42 Å². The zero-order valence-corrected chi connectivity index (χ0v) is 12.9. The van der Waals surface area contributed by atoms with E-state index in [0.717, 1.165) is 0 Å². The molecular formula is C11H18ClN3O3S. The molecule has 0 fully saturated rings.